The molecule has 6 nitrogen and oxygen atoms in total. The Labute approximate surface area is 181 Å². The Balaban J connectivity index is 1.37. The molecule has 1 fully saturated rings. The van der Waals surface area contributed by atoms with Gasteiger partial charge < -0.3 is 10.2 Å². The molecule has 0 spiro atoms. The van der Waals surface area contributed by atoms with Gasteiger partial charge in [-0.1, -0.05) is 46.7 Å². The molecule has 3 aromatic rings. The smallest absolute Gasteiger partial charge is 0.231 e. The SMILES string of the molecule is O=C(Nc1nnc(Cc2ccc(Cl)cc2)s1)C1CC(=O)N(c2ccc(Cl)cc2)C1. The van der Waals surface area contributed by atoms with Crippen molar-refractivity contribution in [3.05, 3.63) is 69.1 Å². The van der Waals surface area contributed by atoms with Crippen molar-refractivity contribution in [1.29, 1.82) is 0 Å². The molecule has 2 heterocycles. The van der Waals surface area contributed by atoms with Crippen LogP contribution in [0.25, 0.3) is 0 Å². The van der Waals surface area contributed by atoms with Crippen LogP contribution in [0.15, 0.2) is 48.5 Å². The van der Waals surface area contributed by atoms with E-state index in [0.717, 1.165) is 16.3 Å². The third-order valence-electron chi connectivity index (χ3n) is 4.60. The lowest BCUT2D eigenvalue weighted by Crippen LogP contribution is -2.28. The Hall–Kier alpha value is -2.48. The number of hydrogen-bond donors (Lipinski definition) is 1. The van der Waals surface area contributed by atoms with Crippen LogP contribution in [-0.2, 0) is 16.0 Å². The Bertz CT molecular complexity index is 1040. The summed E-state index contributed by atoms with van der Waals surface area (Å²) in [5.41, 5.74) is 1.79. The van der Waals surface area contributed by atoms with Crippen molar-refractivity contribution in [3.63, 3.8) is 0 Å². The van der Waals surface area contributed by atoms with Gasteiger partial charge in [0.05, 0.1) is 5.92 Å². The second-order valence-corrected chi connectivity index (χ2v) is 8.61. The minimum absolute atomic E-state index is 0.0897. The number of nitrogens with zero attached hydrogens (tertiary/aromatic N) is 3. The molecule has 29 heavy (non-hydrogen) atoms. The first kappa shape index (κ1) is 19.8. The molecule has 1 aliphatic rings. The van der Waals surface area contributed by atoms with E-state index < -0.39 is 5.92 Å². The van der Waals surface area contributed by atoms with Crippen LogP contribution in [0, 0.1) is 5.92 Å². The second-order valence-electron chi connectivity index (χ2n) is 6.68. The van der Waals surface area contributed by atoms with Gasteiger partial charge in [-0.25, -0.2) is 0 Å². The van der Waals surface area contributed by atoms with Crippen molar-refractivity contribution in [2.75, 3.05) is 16.8 Å². The Morgan fingerprint density at radius 1 is 1.07 bits per heavy atom. The number of aromatic nitrogens is 2. The minimum atomic E-state index is -0.443. The average Bonchev–Trinajstić information content (AvgIpc) is 3.31. The fourth-order valence-electron chi connectivity index (χ4n) is 3.11. The van der Waals surface area contributed by atoms with E-state index in [1.165, 1.54) is 11.3 Å². The van der Waals surface area contributed by atoms with E-state index in [4.69, 9.17) is 23.2 Å². The maximum atomic E-state index is 12.6. The number of carbonyl (C=O) groups is 2. The van der Waals surface area contributed by atoms with Gasteiger partial charge >= 0.3 is 0 Å². The molecule has 9 heteroatoms. The first-order chi connectivity index (χ1) is 14.0. The van der Waals surface area contributed by atoms with E-state index in [9.17, 15) is 9.59 Å². The lowest BCUT2D eigenvalue weighted by molar-refractivity contribution is -0.122. The van der Waals surface area contributed by atoms with Crippen molar-refractivity contribution in [2.45, 2.75) is 12.8 Å². The molecule has 0 saturated carbocycles. The molecule has 0 aliphatic carbocycles. The van der Waals surface area contributed by atoms with Crippen molar-refractivity contribution in [1.82, 2.24) is 10.2 Å². The first-order valence-electron chi connectivity index (χ1n) is 8.91. The third-order valence-corrected chi connectivity index (χ3v) is 5.94. The summed E-state index contributed by atoms with van der Waals surface area (Å²) in [6.45, 7) is 0.322. The number of hydrogen-bond acceptors (Lipinski definition) is 5. The van der Waals surface area contributed by atoms with Gasteiger partial charge in [-0.15, -0.1) is 10.2 Å². The monoisotopic (exact) mass is 446 g/mol. The molecule has 2 aromatic carbocycles. The average molecular weight is 447 g/mol. The molecule has 4 rings (SSSR count). The van der Waals surface area contributed by atoms with Crippen LogP contribution in [0.4, 0.5) is 10.8 Å². The summed E-state index contributed by atoms with van der Waals surface area (Å²) in [4.78, 5) is 26.5. The highest BCUT2D eigenvalue weighted by molar-refractivity contribution is 7.15. The summed E-state index contributed by atoms with van der Waals surface area (Å²) < 4.78 is 0. The van der Waals surface area contributed by atoms with Crippen molar-refractivity contribution >= 4 is 57.2 Å². The molecule has 1 saturated heterocycles. The fourth-order valence-corrected chi connectivity index (χ4v) is 4.14. The first-order valence-corrected chi connectivity index (χ1v) is 10.5. The van der Waals surface area contributed by atoms with Crippen molar-refractivity contribution < 1.29 is 9.59 Å². The van der Waals surface area contributed by atoms with Gasteiger partial charge in [0.25, 0.3) is 0 Å². The molecule has 148 valence electrons. The summed E-state index contributed by atoms with van der Waals surface area (Å²) in [5, 5.41) is 13.4. The van der Waals surface area contributed by atoms with Crippen molar-refractivity contribution in [3.8, 4) is 0 Å². The number of halogens is 2. The summed E-state index contributed by atoms with van der Waals surface area (Å²) in [7, 11) is 0. The molecule has 2 amide bonds. The normalized spacial score (nSPS) is 16.3. The lowest BCUT2D eigenvalue weighted by atomic mass is 10.1. The number of amides is 2. The number of nitrogens with one attached hydrogen (secondary N) is 1. The molecule has 0 radical (unpaired) electrons. The van der Waals surface area contributed by atoms with Gasteiger partial charge in [0.15, 0.2) is 0 Å². The molecular weight excluding hydrogens is 431 g/mol. The molecule has 1 aliphatic heterocycles. The van der Waals surface area contributed by atoms with E-state index in [0.29, 0.717) is 28.1 Å². The highest BCUT2D eigenvalue weighted by atomic mass is 35.5. The Morgan fingerprint density at radius 2 is 1.72 bits per heavy atom. The Morgan fingerprint density at radius 3 is 2.41 bits per heavy atom. The molecular formula is C20H16Cl2N4O2S. The summed E-state index contributed by atoms with van der Waals surface area (Å²) in [6.07, 6.45) is 0.766. The van der Waals surface area contributed by atoms with Crippen LogP contribution >= 0.6 is 34.5 Å². The molecule has 1 aromatic heterocycles. The highest BCUT2D eigenvalue weighted by Gasteiger charge is 2.35. The van der Waals surface area contributed by atoms with Crippen LogP contribution in [-0.4, -0.2) is 28.6 Å². The molecule has 0 bridgehead atoms. The van der Waals surface area contributed by atoms with Gasteiger partial charge in [0.2, 0.25) is 16.9 Å². The Kier molecular flexibility index (Phi) is 5.80. The standard InChI is InChI=1S/C20H16Cl2N4O2S/c21-14-3-1-12(2-4-14)9-17-24-25-20(29-17)23-19(28)13-10-18(27)26(11-13)16-7-5-15(22)6-8-16/h1-8,13H,9-11H2,(H,23,25,28). The zero-order valence-electron chi connectivity index (χ0n) is 15.1. The summed E-state index contributed by atoms with van der Waals surface area (Å²) in [5.74, 6) is -0.765. The highest BCUT2D eigenvalue weighted by Crippen LogP contribution is 2.28. The maximum absolute atomic E-state index is 12.6. The van der Waals surface area contributed by atoms with Gasteiger partial charge in [-0.3, -0.25) is 9.59 Å². The van der Waals surface area contributed by atoms with Crippen LogP contribution in [0.2, 0.25) is 10.0 Å². The van der Waals surface area contributed by atoms with Crippen LogP contribution in [0.1, 0.15) is 17.0 Å². The molecule has 1 unspecified atom stereocenters. The third kappa shape index (κ3) is 4.75. The fraction of sp³-hybridized carbons (Fsp3) is 0.200. The van der Waals surface area contributed by atoms with E-state index >= 15 is 0 Å². The van der Waals surface area contributed by atoms with E-state index in [-0.39, 0.29) is 18.2 Å². The predicted molar refractivity (Wildman–Crippen MR) is 115 cm³/mol. The summed E-state index contributed by atoms with van der Waals surface area (Å²) >= 11 is 13.1. The van der Waals surface area contributed by atoms with E-state index in [2.05, 4.69) is 15.5 Å². The van der Waals surface area contributed by atoms with Crippen LogP contribution in [0.3, 0.4) is 0 Å². The largest absolute Gasteiger partial charge is 0.312 e. The minimum Gasteiger partial charge on any atom is -0.312 e. The number of benzene rings is 2. The van der Waals surface area contributed by atoms with Gasteiger partial charge in [-0.05, 0) is 42.0 Å². The predicted octanol–water partition coefficient (Wildman–Crippen LogP) is 4.43. The van der Waals surface area contributed by atoms with Gasteiger partial charge in [-0.2, -0.15) is 0 Å². The topological polar surface area (TPSA) is 75.2 Å². The van der Waals surface area contributed by atoms with E-state index in [1.807, 2.05) is 24.3 Å². The maximum Gasteiger partial charge on any atom is 0.231 e. The quantitative estimate of drug-likeness (QED) is 0.628. The number of anilines is 2. The summed E-state index contributed by atoms with van der Waals surface area (Å²) in [6, 6.07) is 14.5. The van der Waals surface area contributed by atoms with Crippen LogP contribution in [0.5, 0.6) is 0 Å². The molecule has 1 N–H and O–H groups in total. The van der Waals surface area contributed by atoms with Gasteiger partial charge in [0.1, 0.15) is 5.01 Å². The zero-order valence-corrected chi connectivity index (χ0v) is 17.5. The van der Waals surface area contributed by atoms with Crippen LogP contribution < -0.4 is 10.2 Å². The van der Waals surface area contributed by atoms with Crippen molar-refractivity contribution in [2.24, 2.45) is 5.92 Å². The number of rotatable bonds is 5. The lowest BCUT2D eigenvalue weighted by Gasteiger charge is -2.16. The molecule has 1 atom stereocenters. The second kappa shape index (κ2) is 8.49. The number of carbonyl (C=O) groups excluding carboxylic acids is 2. The zero-order chi connectivity index (χ0) is 20.4. The van der Waals surface area contributed by atoms with E-state index in [1.54, 1.807) is 29.2 Å². The van der Waals surface area contributed by atoms with Gasteiger partial charge in [0, 0.05) is 35.1 Å².